The summed E-state index contributed by atoms with van der Waals surface area (Å²) < 4.78 is 1.04. The first-order chi connectivity index (χ1) is 8.04. The van der Waals surface area contributed by atoms with E-state index in [1.807, 2.05) is 6.20 Å². The monoisotopic (exact) mass is 298 g/mol. The minimum absolute atomic E-state index is 0.638. The summed E-state index contributed by atoms with van der Waals surface area (Å²) in [5, 5.41) is 0. The first kappa shape index (κ1) is 14.5. The largest absolute Gasteiger partial charge is 0.358 e. The summed E-state index contributed by atoms with van der Waals surface area (Å²) in [7, 11) is 0. The van der Waals surface area contributed by atoms with Crippen LogP contribution in [0.5, 0.6) is 0 Å². The van der Waals surface area contributed by atoms with Crippen LogP contribution in [0.15, 0.2) is 27.3 Å². The molecule has 0 spiro atoms. The number of hydrogen-bond acceptors (Lipinski definition) is 1. The van der Waals surface area contributed by atoms with Crippen LogP contribution in [0.1, 0.15) is 47.0 Å². The van der Waals surface area contributed by atoms with Crippen LogP contribution < -0.4 is 0 Å². The van der Waals surface area contributed by atoms with Gasteiger partial charge in [-0.15, -0.1) is 0 Å². The third kappa shape index (κ3) is 4.66. The molecule has 0 N–H and O–H groups in total. The molecule has 0 aromatic carbocycles. The summed E-state index contributed by atoms with van der Waals surface area (Å²) in [5.41, 5.74) is 1.36. The smallest absolute Gasteiger partial charge is 0.101 e. The molecule has 2 nitrogen and oxygen atoms in total. The first-order valence-corrected chi connectivity index (χ1v) is 7.17. The van der Waals surface area contributed by atoms with Gasteiger partial charge in [0.05, 0.1) is 0 Å². The highest BCUT2D eigenvalue weighted by Gasteiger charge is 2.20. The summed E-state index contributed by atoms with van der Waals surface area (Å²) in [6, 6.07) is 0.638. The van der Waals surface area contributed by atoms with E-state index < -0.39 is 0 Å². The highest BCUT2D eigenvalue weighted by Crippen LogP contribution is 2.17. The van der Waals surface area contributed by atoms with Crippen LogP contribution in [0.4, 0.5) is 0 Å². The maximum atomic E-state index is 4.53. The minimum Gasteiger partial charge on any atom is -0.358 e. The highest BCUT2D eigenvalue weighted by atomic mass is 79.9. The van der Waals surface area contributed by atoms with Crippen LogP contribution in [0.2, 0.25) is 0 Å². The molecule has 0 aromatic heterocycles. The Bertz CT molecular complexity index is 342. The van der Waals surface area contributed by atoms with Gasteiger partial charge in [-0.3, -0.25) is 0 Å². The number of likely N-dealkylation sites (tertiary alicyclic amines) is 1. The zero-order valence-corrected chi connectivity index (χ0v) is 12.9. The maximum Gasteiger partial charge on any atom is 0.101 e. The van der Waals surface area contributed by atoms with Crippen LogP contribution in [0.3, 0.4) is 0 Å². The third-order valence-electron chi connectivity index (χ3n) is 3.29. The van der Waals surface area contributed by atoms with Crippen LogP contribution in [0, 0.1) is 0 Å². The van der Waals surface area contributed by atoms with E-state index in [0.717, 1.165) is 23.3 Å². The van der Waals surface area contributed by atoms with Crippen molar-refractivity contribution in [3.8, 4) is 0 Å². The van der Waals surface area contributed by atoms with Crippen LogP contribution in [-0.4, -0.2) is 23.3 Å². The first-order valence-electron chi connectivity index (χ1n) is 6.38. The van der Waals surface area contributed by atoms with Gasteiger partial charge in [0.15, 0.2) is 0 Å². The number of halogens is 1. The van der Waals surface area contributed by atoms with Crippen LogP contribution in [-0.2, 0) is 0 Å². The van der Waals surface area contributed by atoms with Crippen molar-refractivity contribution in [2.45, 2.75) is 53.0 Å². The second kappa shape index (κ2) is 7.00. The van der Waals surface area contributed by atoms with Gasteiger partial charge in [-0.1, -0.05) is 12.5 Å². The Balaban J connectivity index is 2.66. The van der Waals surface area contributed by atoms with E-state index in [4.69, 9.17) is 0 Å². The van der Waals surface area contributed by atoms with Crippen molar-refractivity contribution < 1.29 is 0 Å². The molecule has 1 rings (SSSR count). The molecule has 0 radical (unpaired) electrons. The molecule has 3 heteroatoms. The Morgan fingerprint density at radius 1 is 1.47 bits per heavy atom. The van der Waals surface area contributed by atoms with Crippen molar-refractivity contribution in [3.63, 3.8) is 0 Å². The van der Waals surface area contributed by atoms with E-state index in [1.54, 1.807) is 0 Å². The lowest BCUT2D eigenvalue weighted by molar-refractivity contribution is 0.412. The van der Waals surface area contributed by atoms with Crippen molar-refractivity contribution in [2.24, 2.45) is 4.99 Å². The molecule has 96 valence electrons. The zero-order chi connectivity index (χ0) is 12.8. The lowest BCUT2D eigenvalue weighted by Crippen LogP contribution is -2.31. The molecule has 1 atom stereocenters. The molecule has 0 saturated carbocycles. The average Bonchev–Trinajstić information content (AvgIpc) is 2.72. The second-order valence-electron chi connectivity index (χ2n) is 4.72. The number of rotatable bonds is 3. The Kier molecular flexibility index (Phi) is 5.96. The van der Waals surface area contributed by atoms with E-state index in [9.17, 15) is 0 Å². The standard InChI is InChI=1S/C14H23BrN2/c1-5-11(2)9-14(15)10-16-13(4)17-8-6-7-12(17)3/h9-10,12H,5-8H2,1-4H3/b11-9-,14-10+,16-13+/t12-/m0/s1. The van der Waals surface area contributed by atoms with Crippen molar-refractivity contribution in [1.82, 2.24) is 4.90 Å². The summed E-state index contributed by atoms with van der Waals surface area (Å²) in [5.74, 6) is 1.12. The van der Waals surface area contributed by atoms with Gasteiger partial charge in [-0.05, 0) is 62.0 Å². The van der Waals surface area contributed by atoms with Crippen molar-refractivity contribution in [1.29, 1.82) is 0 Å². The van der Waals surface area contributed by atoms with Gasteiger partial charge in [0.25, 0.3) is 0 Å². The fourth-order valence-electron chi connectivity index (χ4n) is 2.02. The molecule has 1 aliphatic heterocycles. The number of allylic oxidation sites excluding steroid dienone is 3. The number of amidine groups is 1. The predicted octanol–water partition coefficient (Wildman–Crippen LogP) is 4.48. The Labute approximate surface area is 114 Å². The third-order valence-corrected chi connectivity index (χ3v) is 3.72. The van der Waals surface area contributed by atoms with Gasteiger partial charge >= 0.3 is 0 Å². The van der Waals surface area contributed by atoms with Crippen molar-refractivity contribution in [2.75, 3.05) is 6.54 Å². The van der Waals surface area contributed by atoms with Gasteiger partial charge in [-0.25, -0.2) is 4.99 Å². The van der Waals surface area contributed by atoms with E-state index >= 15 is 0 Å². The van der Waals surface area contributed by atoms with Gasteiger partial charge in [0.2, 0.25) is 0 Å². The number of nitrogens with zero attached hydrogens (tertiary/aromatic N) is 2. The Morgan fingerprint density at radius 3 is 2.71 bits per heavy atom. The Morgan fingerprint density at radius 2 is 2.18 bits per heavy atom. The van der Waals surface area contributed by atoms with Gasteiger partial charge < -0.3 is 4.90 Å². The summed E-state index contributed by atoms with van der Waals surface area (Å²) in [6.07, 6.45) is 7.68. The second-order valence-corrected chi connectivity index (χ2v) is 5.63. The molecule has 1 aliphatic rings. The van der Waals surface area contributed by atoms with Crippen LogP contribution >= 0.6 is 15.9 Å². The van der Waals surface area contributed by atoms with Crippen molar-refractivity contribution >= 4 is 21.8 Å². The quantitative estimate of drug-likeness (QED) is 0.426. The summed E-state index contributed by atoms with van der Waals surface area (Å²) in [6.45, 7) is 9.80. The summed E-state index contributed by atoms with van der Waals surface area (Å²) >= 11 is 3.53. The average molecular weight is 299 g/mol. The van der Waals surface area contributed by atoms with Crippen molar-refractivity contribution in [3.05, 3.63) is 22.3 Å². The molecular formula is C14H23BrN2. The van der Waals surface area contributed by atoms with Gasteiger partial charge in [0, 0.05) is 23.3 Å². The molecule has 1 heterocycles. The molecule has 1 fully saturated rings. The van der Waals surface area contributed by atoms with Crippen LogP contribution in [0.25, 0.3) is 0 Å². The Hall–Kier alpha value is -0.570. The lowest BCUT2D eigenvalue weighted by Gasteiger charge is -2.22. The predicted molar refractivity (Wildman–Crippen MR) is 79.6 cm³/mol. The van der Waals surface area contributed by atoms with E-state index in [2.05, 4.69) is 59.6 Å². The molecule has 0 amide bonds. The molecule has 0 aliphatic carbocycles. The van der Waals surface area contributed by atoms with E-state index in [-0.39, 0.29) is 0 Å². The molecule has 17 heavy (non-hydrogen) atoms. The van der Waals surface area contributed by atoms with Gasteiger partial charge in [-0.2, -0.15) is 0 Å². The van der Waals surface area contributed by atoms with E-state index in [0.29, 0.717) is 6.04 Å². The number of aliphatic imine (C=N–C) groups is 1. The molecule has 0 bridgehead atoms. The minimum atomic E-state index is 0.638. The van der Waals surface area contributed by atoms with Gasteiger partial charge in [0.1, 0.15) is 5.84 Å². The maximum absolute atomic E-state index is 4.53. The molecule has 0 unspecified atom stereocenters. The fourth-order valence-corrected chi connectivity index (χ4v) is 2.51. The normalized spacial score (nSPS) is 23.5. The zero-order valence-electron chi connectivity index (χ0n) is 11.3. The van der Waals surface area contributed by atoms with E-state index in [1.165, 1.54) is 18.4 Å². The topological polar surface area (TPSA) is 15.6 Å². The summed E-state index contributed by atoms with van der Waals surface area (Å²) in [4.78, 5) is 6.92. The molecule has 0 aromatic rings. The lowest BCUT2D eigenvalue weighted by atomic mass is 10.2. The highest BCUT2D eigenvalue weighted by molar-refractivity contribution is 9.11. The molecular weight excluding hydrogens is 276 g/mol. The SMILES string of the molecule is CC\C(C)=C/C(Br)=C\N=C(/C)N1CCC[C@@H]1C. The fraction of sp³-hybridized carbons (Fsp3) is 0.643. The molecule has 1 saturated heterocycles. The number of hydrogen-bond donors (Lipinski definition) is 0.